The van der Waals surface area contributed by atoms with E-state index in [0.29, 0.717) is 24.5 Å². The molecule has 6 heteroatoms. The summed E-state index contributed by atoms with van der Waals surface area (Å²) in [6.07, 6.45) is 1.67. The molecule has 1 heterocycles. The molecule has 2 amide bonds. The number of rotatable bonds is 5. The van der Waals surface area contributed by atoms with Crippen LogP contribution in [0.2, 0.25) is 0 Å². The van der Waals surface area contributed by atoms with Crippen molar-refractivity contribution in [2.75, 3.05) is 18.8 Å². The average molecular weight is 236 g/mol. The number of pyridine rings is 1. The number of nitrogen functional groups attached to an aromatic ring is 1. The summed E-state index contributed by atoms with van der Waals surface area (Å²) in [7, 11) is 0. The summed E-state index contributed by atoms with van der Waals surface area (Å²) in [6, 6.07) is 3.14. The van der Waals surface area contributed by atoms with Crippen LogP contribution in [0.15, 0.2) is 18.3 Å². The first-order valence-corrected chi connectivity index (χ1v) is 5.40. The molecule has 0 aromatic carbocycles. The summed E-state index contributed by atoms with van der Waals surface area (Å²) in [5, 5.41) is 5.27. The summed E-state index contributed by atoms with van der Waals surface area (Å²) in [5.41, 5.74) is 5.83. The third-order valence-corrected chi connectivity index (χ3v) is 2.06. The highest BCUT2D eigenvalue weighted by atomic mass is 16.2. The highest BCUT2D eigenvalue weighted by molar-refractivity contribution is 5.94. The van der Waals surface area contributed by atoms with Crippen LogP contribution in [-0.2, 0) is 4.79 Å². The molecule has 0 aliphatic rings. The first kappa shape index (κ1) is 13.0. The Morgan fingerprint density at radius 1 is 1.35 bits per heavy atom. The first-order valence-electron chi connectivity index (χ1n) is 5.40. The quantitative estimate of drug-likeness (QED) is 0.666. The lowest BCUT2D eigenvalue weighted by atomic mass is 10.2. The number of nitrogens with two attached hydrogens (primary N) is 1. The minimum atomic E-state index is -0.262. The SMILES string of the molecule is CCNC(=O)CCNC(=O)c1ccc(N)nc1. The number of nitrogens with zero attached hydrogens (tertiary/aromatic N) is 1. The van der Waals surface area contributed by atoms with Gasteiger partial charge in [-0.3, -0.25) is 9.59 Å². The Bertz CT molecular complexity index is 389. The van der Waals surface area contributed by atoms with Crippen LogP contribution >= 0.6 is 0 Å². The van der Waals surface area contributed by atoms with Crippen LogP contribution in [0.4, 0.5) is 5.82 Å². The molecule has 0 saturated carbocycles. The first-order chi connectivity index (χ1) is 8.13. The van der Waals surface area contributed by atoms with E-state index in [1.165, 1.54) is 6.20 Å². The normalized spacial score (nSPS) is 9.71. The van der Waals surface area contributed by atoms with Crippen molar-refractivity contribution >= 4 is 17.6 Å². The minimum Gasteiger partial charge on any atom is -0.384 e. The Labute approximate surface area is 99.6 Å². The molecule has 6 nitrogen and oxygen atoms in total. The smallest absolute Gasteiger partial charge is 0.252 e. The van der Waals surface area contributed by atoms with E-state index in [9.17, 15) is 9.59 Å². The van der Waals surface area contributed by atoms with Crippen LogP contribution in [0, 0.1) is 0 Å². The summed E-state index contributed by atoms with van der Waals surface area (Å²) < 4.78 is 0. The van der Waals surface area contributed by atoms with Crippen molar-refractivity contribution in [3.8, 4) is 0 Å². The zero-order valence-corrected chi connectivity index (χ0v) is 9.69. The molecular formula is C11H16N4O2. The average Bonchev–Trinajstić information content (AvgIpc) is 2.30. The van der Waals surface area contributed by atoms with E-state index >= 15 is 0 Å². The minimum absolute atomic E-state index is 0.0803. The third-order valence-electron chi connectivity index (χ3n) is 2.06. The van der Waals surface area contributed by atoms with E-state index in [-0.39, 0.29) is 18.2 Å². The van der Waals surface area contributed by atoms with Crippen molar-refractivity contribution in [3.05, 3.63) is 23.9 Å². The molecular weight excluding hydrogens is 220 g/mol. The zero-order valence-electron chi connectivity index (χ0n) is 9.69. The van der Waals surface area contributed by atoms with Gasteiger partial charge < -0.3 is 16.4 Å². The van der Waals surface area contributed by atoms with Crippen molar-refractivity contribution in [2.24, 2.45) is 0 Å². The second-order valence-corrected chi connectivity index (χ2v) is 3.43. The van der Waals surface area contributed by atoms with Gasteiger partial charge in [0.25, 0.3) is 5.91 Å². The van der Waals surface area contributed by atoms with Crippen molar-refractivity contribution in [1.82, 2.24) is 15.6 Å². The highest BCUT2D eigenvalue weighted by Crippen LogP contribution is 2.00. The van der Waals surface area contributed by atoms with Crippen LogP contribution in [0.25, 0.3) is 0 Å². The van der Waals surface area contributed by atoms with Crippen molar-refractivity contribution in [3.63, 3.8) is 0 Å². The van der Waals surface area contributed by atoms with Gasteiger partial charge in [0.2, 0.25) is 5.91 Å². The molecule has 17 heavy (non-hydrogen) atoms. The van der Waals surface area contributed by atoms with Gasteiger partial charge in [0.1, 0.15) is 5.82 Å². The summed E-state index contributed by atoms with van der Waals surface area (Å²) >= 11 is 0. The molecule has 1 rings (SSSR count). The van der Waals surface area contributed by atoms with Gasteiger partial charge >= 0.3 is 0 Å². The number of carbonyl (C=O) groups is 2. The molecule has 0 radical (unpaired) electrons. The fourth-order valence-corrected chi connectivity index (χ4v) is 1.22. The zero-order chi connectivity index (χ0) is 12.7. The largest absolute Gasteiger partial charge is 0.384 e. The maximum atomic E-state index is 11.6. The van der Waals surface area contributed by atoms with Crippen LogP contribution < -0.4 is 16.4 Å². The number of hydrogen-bond acceptors (Lipinski definition) is 4. The standard InChI is InChI=1S/C11H16N4O2/c1-2-13-10(16)5-6-14-11(17)8-3-4-9(12)15-7-8/h3-4,7H,2,5-6H2,1H3,(H2,12,15)(H,13,16)(H,14,17). The van der Waals surface area contributed by atoms with Crippen molar-refractivity contribution in [1.29, 1.82) is 0 Å². The molecule has 0 bridgehead atoms. The Balaban J connectivity index is 2.35. The lowest BCUT2D eigenvalue weighted by molar-refractivity contribution is -0.120. The molecule has 0 aliphatic carbocycles. The van der Waals surface area contributed by atoms with E-state index in [0.717, 1.165) is 0 Å². The van der Waals surface area contributed by atoms with Crippen LogP contribution in [0.3, 0.4) is 0 Å². The number of nitrogens with one attached hydrogen (secondary N) is 2. The number of anilines is 1. The van der Waals surface area contributed by atoms with E-state index in [2.05, 4.69) is 15.6 Å². The monoisotopic (exact) mass is 236 g/mol. The van der Waals surface area contributed by atoms with Crippen LogP contribution in [0.5, 0.6) is 0 Å². The van der Waals surface area contributed by atoms with Gasteiger partial charge in [0.05, 0.1) is 5.56 Å². The lowest BCUT2D eigenvalue weighted by Crippen LogP contribution is -2.30. The van der Waals surface area contributed by atoms with E-state index in [1.807, 2.05) is 6.92 Å². The summed E-state index contributed by atoms with van der Waals surface area (Å²) in [6.45, 7) is 2.74. The van der Waals surface area contributed by atoms with Crippen molar-refractivity contribution in [2.45, 2.75) is 13.3 Å². The molecule has 92 valence electrons. The van der Waals surface area contributed by atoms with E-state index < -0.39 is 0 Å². The fourth-order valence-electron chi connectivity index (χ4n) is 1.22. The maximum absolute atomic E-state index is 11.6. The van der Waals surface area contributed by atoms with Gasteiger partial charge in [0.15, 0.2) is 0 Å². The number of carbonyl (C=O) groups excluding carboxylic acids is 2. The number of aromatic nitrogens is 1. The Kier molecular flexibility index (Phi) is 4.93. The van der Waals surface area contributed by atoms with E-state index in [1.54, 1.807) is 12.1 Å². The third kappa shape index (κ3) is 4.50. The summed E-state index contributed by atoms with van der Waals surface area (Å²) in [5.74, 6) is 0.0221. The van der Waals surface area contributed by atoms with Crippen molar-refractivity contribution < 1.29 is 9.59 Å². The molecule has 0 atom stereocenters. The predicted molar refractivity (Wildman–Crippen MR) is 64.3 cm³/mol. The molecule has 1 aromatic heterocycles. The van der Waals surface area contributed by atoms with Gasteiger partial charge in [-0.15, -0.1) is 0 Å². The Morgan fingerprint density at radius 2 is 2.12 bits per heavy atom. The summed E-state index contributed by atoms with van der Waals surface area (Å²) in [4.78, 5) is 26.5. The molecule has 1 aromatic rings. The second kappa shape index (κ2) is 6.47. The Hall–Kier alpha value is -2.11. The van der Waals surface area contributed by atoms with Gasteiger partial charge in [0, 0.05) is 25.7 Å². The number of amides is 2. The lowest BCUT2D eigenvalue weighted by Gasteiger charge is -2.05. The molecule has 0 fully saturated rings. The molecule has 0 unspecified atom stereocenters. The van der Waals surface area contributed by atoms with E-state index in [4.69, 9.17) is 5.73 Å². The molecule has 0 aliphatic heterocycles. The molecule has 4 N–H and O–H groups in total. The van der Waals surface area contributed by atoms with Gasteiger partial charge in [-0.25, -0.2) is 4.98 Å². The van der Waals surface area contributed by atoms with Crippen LogP contribution in [0.1, 0.15) is 23.7 Å². The highest BCUT2D eigenvalue weighted by Gasteiger charge is 2.06. The van der Waals surface area contributed by atoms with Gasteiger partial charge in [-0.1, -0.05) is 0 Å². The molecule has 0 spiro atoms. The Morgan fingerprint density at radius 3 is 2.71 bits per heavy atom. The fraction of sp³-hybridized carbons (Fsp3) is 0.364. The number of hydrogen-bond donors (Lipinski definition) is 3. The predicted octanol–water partition coefficient (Wildman–Crippen LogP) is -0.0802. The second-order valence-electron chi connectivity index (χ2n) is 3.43. The van der Waals surface area contributed by atoms with Gasteiger partial charge in [-0.05, 0) is 19.1 Å². The topological polar surface area (TPSA) is 97.1 Å². The van der Waals surface area contributed by atoms with Gasteiger partial charge in [-0.2, -0.15) is 0 Å². The van der Waals surface area contributed by atoms with Crippen LogP contribution in [-0.4, -0.2) is 29.9 Å². The molecule has 0 saturated heterocycles. The maximum Gasteiger partial charge on any atom is 0.252 e.